The quantitative estimate of drug-likeness (QED) is 0.713. The summed E-state index contributed by atoms with van der Waals surface area (Å²) in [6, 6.07) is 6.94. The molecular formula is C13H18N2O2. The van der Waals surface area contributed by atoms with Gasteiger partial charge in [-0.25, -0.2) is 0 Å². The average Bonchev–Trinajstić information content (AvgIpc) is 2.65. The van der Waals surface area contributed by atoms with E-state index in [4.69, 9.17) is 5.73 Å². The van der Waals surface area contributed by atoms with Gasteiger partial charge in [0.2, 0.25) is 5.91 Å². The van der Waals surface area contributed by atoms with Crippen LogP contribution in [0.4, 0.5) is 0 Å². The molecule has 0 saturated heterocycles. The van der Waals surface area contributed by atoms with Crippen LogP contribution >= 0.6 is 0 Å². The summed E-state index contributed by atoms with van der Waals surface area (Å²) in [4.78, 5) is 11.7. The molecule has 3 atom stereocenters. The molecule has 0 spiro atoms. The highest BCUT2D eigenvalue weighted by molar-refractivity contribution is 5.82. The Labute approximate surface area is 101 Å². The fourth-order valence-corrected chi connectivity index (χ4v) is 2.19. The van der Waals surface area contributed by atoms with Crippen molar-refractivity contribution >= 4 is 5.91 Å². The summed E-state index contributed by atoms with van der Waals surface area (Å²) in [5.74, 6) is -0.201. The van der Waals surface area contributed by atoms with Crippen molar-refractivity contribution in [2.45, 2.75) is 38.0 Å². The molecular weight excluding hydrogens is 216 g/mol. The highest BCUT2D eigenvalue weighted by atomic mass is 16.3. The van der Waals surface area contributed by atoms with Crippen LogP contribution in [0.2, 0.25) is 0 Å². The molecule has 1 amide bonds. The predicted octanol–water partition coefficient (Wildman–Crippen LogP) is 0.498. The third kappa shape index (κ3) is 2.33. The number of carbonyl (C=O) groups is 1. The molecule has 0 aromatic heterocycles. The Morgan fingerprint density at radius 3 is 3.00 bits per heavy atom. The van der Waals surface area contributed by atoms with Crippen LogP contribution in [0.25, 0.3) is 0 Å². The van der Waals surface area contributed by atoms with Crippen molar-refractivity contribution in [2.24, 2.45) is 5.73 Å². The van der Waals surface area contributed by atoms with Crippen LogP contribution in [0.15, 0.2) is 24.3 Å². The predicted molar refractivity (Wildman–Crippen MR) is 65.3 cm³/mol. The Morgan fingerprint density at radius 1 is 1.59 bits per heavy atom. The van der Waals surface area contributed by atoms with Gasteiger partial charge in [-0.3, -0.25) is 4.79 Å². The third-order valence-electron chi connectivity index (χ3n) is 3.28. The van der Waals surface area contributed by atoms with E-state index in [9.17, 15) is 9.90 Å². The van der Waals surface area contributed by atoms with Crippen molar-refractivity contribution in [2.75, 3.05) is 0 Å². The number of rotatable bonds is 3. The standard InChI is InChI=1S/C13H18N2O2/c1-2-10(14)13(17)15-12-9-6-4-3-5-8(9)7-11(12)16/h3-6,10-12,16H,2,7,14H2,1H3,(H,15,17)/t10?,11-,12+/m1/s1. The van der Waals surface area contributed by atoms with Crippen LogP contribution in [0.1, 0.15) is 30.5 Å². The van der Waals surface area contributed by atoms with Gasteiger partial charge in [-0.1, -0.05) is 31.2 Å². The number of carbonyl (C=O) groups excluding carboxylic acids is 1. The van der Waals surface area contributed by atoms with E-state index in [1.165, 1.54) is 0 Å². The minimum atomic E-state index is -0.555. The molecule has 2 rings (SSSR count). The second-order valence-corrected chi connectivity index (χ2v) is 4.47. The Morgan fingerprint density at radius 2 is 2.29 bits per heavy atom. The SMILES string of the molecule is CCC(N)C(=O)N[C@H]1c2ccccc2C[C@H]1O. The van der Waals surface area contributed by atoms with Gasteiger partial charge in [0.15, 0.2) is 0 Å². The summed E-state index contributed by atoms with van der Waals surface area (Å²) < 4.78 is 0. The van der Waals surface area contributed by atoms with Gasteiger partial charge in [0.1, 0.15) is 0 Å². The van der Waals surface area contributed by atoms with Gasteiger partial charge in [0, 0.05) is 6.42 Å². The molecule has 0 radical (unpaired) electrons. The maximum absolute atomic E-state index is 11.7. The molecule has 1 aliphatic rings. The van der Waals surface area contributed by atoms with Gasteiger partial charge in [0.25, 0.3) is 0 Å². The Hall–Kier alpha value is -1.39. The summed E-state index contributed by atoms with van der Waals surface area (Å²) in [6.45, 7) is 1.86. The number of aliphatic hydroxyl groups is 1. The number of fused-ring (bicyclic) bond motifs is 1. The molecule has 92 valence electrons. The number of hydrogen-bond donors (Lipinski definition) is 3. The fraction of sp³-hybridized carbons (Fsp3) is 0.462. The number of nitrogens with one attached hydrogen (secondary N) is 1. The van der Waals surface area contributed by atoms with Crippen LogP contribution < -0.4 is 11.1 Å². The maximum Gasteiger partial charge on any atom is 0.237 e. The van der Waals surface area contributed by atoms with E-state index in [0.29, 0.717) is 12.8 Å². The topological polar surface area (TPSA) is 75.4 Å². The normalized spacial score (nSPS) is 24.2. The molecule has 4 heteroatoms. The van der Waals surface area contributed by atoms with E-state index in [1.54, 1.807) is 0 Å². The van der Waals surface area contributed by atoms with Crippen LogP contribution in [0, 0.1) is 0 Å². The van der Waals surface area contributed by atoms with Crippen molar-refractivity contribution in [3.05, 3.63) is 35.4 Å². The van der Waals surface area contributed by atoms with E-state index < -0.39 is 12.1 Å². The van der Waals surface area contributed by atoms with Crippen molar-refractivity contribution in [3.63, 3.8) is 0 Å². The smallest absolute Gasteiger partial charge is 0.237 e. The molecule has 1 unspecified atom stereocenters. The van der Waals surface area contributed by atoms with Gasteiger partial charge < -0.3 is 16.2 Å². The molecule has 4 nitrogen and oxygen atoms in total. The first-order valence-electron chi connectivity index (χ1n) is 5.95. The molecule has 0 fully saturated rings. The van der Waals surface area contributed by atoms with Crippen molar-refractivity contribution in [3.8, 4) is 0 Å². The number of benzene rings is 1. The van der Waals surface area contributed by atoms with E-state index in [1.807, 2.05) is 31.2 Å². The van der Waals surface area contributed by atoms with Gasteiger partial charge >= 0.3 is 0 Å². The summed E-state index contributed by atoms with van der Waals surface area (Å²) in [5.41, 5.74) is 7.76. The molecule has 1 aromatic rings. The van der Waals surface area contributed by atoms with Crippen LogP contribution in [-0.2, 0) is 11.2 Å². The second-order valence-electron chi connectivity index (χ2n) is 4.47. The first-order valence-corrected chi connectivity index (χ1v) is 5.95. The van der Waals surface area contributed by atoms with Crippen molar-refractivity contribution in [1.29, 1.82) is 0 Å². The average molecular weight is 234 g/mol. The van der Waals surface area contributed by atoms with Gasteiger partial charge in [-0.2, -0.15) is 0 Å². The van der Waals surface area contributed by atoms with E-state index in [-0.39, 0.29) is 11.9 Å². The number of aliphatic hydroxyl groups excluding tert-OH is 1. The lowest BCUT2D eigenvalue weighted by Crippen LogP contribution is -2.43. The molecule has 0 bridgehead atoms. The maximum atomic E-state index is 11.7. The highest BCUT2D eigenvalue weighted by Gasteiger charge is 2.32. The molecule has 4 N–H and O–H groups in total. The number of nitrogens with two attached hydrogens (primary N) is 1. The fourth-order valence-electron chi connectivity index (χ4n) is 2.19. The van der Waals surface area contributed by atoms with Crippen LogP contribution in [-0.4, -0.2) is 23.2 Å². The molecule has 1 aromatic carbocycles. The lowest BCUT2D eigenvalue weighted by atomic mass is 10.1. The van der Waals surface area contributed by atoms with E-state index in [2.05, 4.69) is 5.32 Å². The highest BCUT2D eigenvalue weighted by Crippen LogP contribution is 2.31. The minimum absolute atomic E-state index is 0.201. The first-order chi connectivity index (χ1) is 8.13. The zero-order valence-electron chi connectivity index (χ0n) is 9.89. The van der Waals surface area contributed by atoms with E-state index in [0.717, 1.165) is 11.1 Å². The third-order valence-corrected chi connectivity index (χ3v) is 3.28. The zero-order valence-corrected chi connectivity index (χ0v) is 9.89. The van der Waals surface area contributed by atoms with E-state index >= 15 is 0 Å². The lowest BCUT2D eigenvalue weighted by Gasteiger charge is -2.20. The zero-order chi connectivity index (χ0) is 12.4. The summed E-state index contributed by atoms with van der Waals surface area (Å²) in [5, 5.41) is 12.8. The van der Waals surface area contributed by atoms with Crippen LogP contribution in [0.3, 0.4) is 0 Å². The number of hydrogen-bond acceptors (Lipinski definition) is 3. The molecule has 0 heterocycles. The molecule has 0 saturated carbocycles. The van der Waals surface area contributed by atoms with Crippen LogP contribution in [0.5, 0.6) is 0 Å². The molecule has 17 heavy (non-hydrogen) atoms. The lowest BCUT2D eigenvalue weighted by molar-refractivity contribution is -0.123. The Bertz CT molecular complexity index is 420. The van der Waals surface area contributed by atoms with Gasteiger partial charge in [0.05, 0.1) is 18.2 Å². The van der Waals surface area contributed by atoms with Gasteiger partial charge in [-0.15, -0.1) is 0 Å². The molecule has 0 aliphatic heterocycles. The summed E-state index contributed by atoms with van der Waals surface area (Å²) in [7, 11) is 0. The minimum Gasteiger partial charge on any atom is -0.390 e. The summed E-state index contributed by atoms with van der Waals surface area (Å²) in [6.07, 6.45) is 0.624. The first kappa shape index (κ1) is 12.1. The summed E-state index contributed by atoms with van der Waals surface area (Å²) >= 11 is 0. The molecule has 1 aliphatic carbocycles. The van der Waals surface area contributed by atoms with Gasteiger partial charge in [-0.05, 0) is 17.5 Å². The Balaban J connectivity index is 2.14. The number of amides is 1. The van der Waals surface area contributed by atoms with Crippen molar-refractivity contribution < 1.29 is 9.90 Å². The largest absolute Gasteiger partial charge is 0.390 e. The second kappa shape index (κ2) is 4.85. The monoisotopic (exact) mass is 234 g/mol. The van der Waals surface area contributed by atoms with Crippen molar-refractivity contribution in [1.82, 2.24) is 5.32 Å². The Kier molecular flexibility index (Phi) is 3.45.